The molecule has 1 N–H and O–H groups in total. The van der Waals surface area contributed by atoms with Gasteiger partial charge in [0.2, 0.25) is 5.91 Å². The van der Waals surface area contributed by atoms with Crippen molar-refractivity contribution >= 4 is 40.4 Å². The Labute approximate surface area is 180 Å². The molecule has 0 atom stereocenters. The van der Waals surface area contributed by atoms with Gasteiger partial charge in [-0.3, -0.25) is 14.5 Å². The van der Waals surface area contributed by atoms with E-state index in [1.807, 2.05) is 24.0 Å². The molecule has 1 fully saturated rings. The number of benzene rings is 1. The lowest BCUT2D eigenvalue weighted by molar-refractivity contribution is -0.117. The summed E-state index contributed by atoms with van der Waals surface area (Å²) >= 11 is 7.58. The summed E-state index contributed by atoms with van der Waals surface area (Å²) in [6.45, 7) is 11.0. The first-order valence-corrected chi connectivity index (χ1v) is 10.9. The maximum absolute atomic E-state index is 13.0. The van der Waals surface area contributed by atoms with Crippen LogP contribution in [0.25, 0.3) is 0 Å². The highest BCUT2D eigenvalue weighted by Gasteiger charge is 2.28. The molecule has 29 heavy (non-hydrogen) atoms. The average molecular weight is 435 g/mol. The molecule has 156 valence electrons. The lowest BCUT2D eigenvalue weighted by Crippen LogP contribution is -2.50. The number of carbonyl (C=O) groups is 2. The standard InChI is InChI=1S/C21H27ClN4O2S/c1-14-18(29-20(23-14)21(2,3)4)19(28)26-11-9-25(10-12-26)13-17(27)24-16-8-6-5-7-15(16)22/h5-8H,9-13H2,1-4H3,(H,24,27). The van der Waals surface area contributed by atoms with Crippen molar-refractivity contribution in [1.82, 2.24) is 14.8 Å². The van der Waals surface area contributed by atoms with E-state index in [1.54, 1.807) is 12.1 Å². The maximum Gasteiger partial charge on any atom is 0.265 e. The molecule has 2 aromatic rings. The molecule has 0 radical (unpaired) electrons. The summed E-state index contributed by atoms with van der Waals surface area (Å²) in [5.41, 5.74) is 1.34. The summed E-state index contributed by atoms with van der Waals surface area (Å²) in [7, 11) is 0. The molecule has 1 aliphatic heterocycles. The summed E-state index contributed by atoms with van der Waals surface area (Å²) < 4.78 is 0. The van der Waals surface area contributed by atoms with Crippen molar-refractivity contribution in [3.8, 4) is 0 Å². The van der Waals surface area contributed by atoms with Gasteiger partial charge in [0.1, 0.15) is 4.88 Å². The SMILES string of the molecule is Cc1nc(C(C)(C)C)sc1C(=O)N1CCN(CC(=O)Nc2ccccc2Cl)CC1. The second kappa shape index (κ2) is 8.81. The number of nitrogens with one attached hydrogen (secondary N) is 1. The zero-order valence-corrected chi connectivity index (χ0v) is 18.9. The summed E-state index contributed by atoms with van der Waals surface area (Å²) in [6.07, 6.45) is 0. The largest absolute Gasteiger partial charge is 0.335 e. The van der Waals surface area contributed by atoms with Crippen molar-refractivity contribution in [3.05, 3.63) is 44.9 Å². The maximum atomic E-state index is 13.0. The van der Waals surface area contributed by atoms with Crippen LogP contribution in [0.15, 0.2) is 24.3 Å². The van der Waals surface area contributed by atoms with Gasteiger partial charge in [0.25, 0.3) is 5.91 Å². The number of thiazole rings is 1. The Morgan fingerprint density at radius 2 is 1.83 bits per heavy atom. The number of hydrogen-bond acceptors (Lipinski definition) is 5. The van der Waals surface area contributed by atoms with Gasteiger partial charge >= 0.3 is 0 Å². The van der Waals surface area contributed by atoms with Crippen LogP contribution in [-0.2, 0) is 10.2 Å². The molecular weight excluding hydrogens is 408 g/mol. The summed E-state index contributed by atoms with van der Waals surface area (Å²) in [4.78, 5) is 34.5. The molecule has 0 saturated carbocycles. The monoisotopic (exact) mass is 434 g/mol. The molecule has 2 heterocycles. The van der Waals surface area contributed by atoms with Gasteiger partial charge in [0, 0.05) is 31.6 Å². The summed E-state index contributed by atoms with van der Waals surface area (Å²) in [6, 6.07) is 7.18. The highest BCUT2D eigenvalue weighted by Crippen LogP contribution is 2.30. The van der Waals surface area contributed by atoms with Gasteiger partial charge in [-0.25, -0.2) is 4.98 Å². The van der Waals surface area contributed by atoms with E-state index in [2.05, 4.69) is 36.0 Å². The van der Waals surface area contributed by atoms with Crippen LogP contribution in [0.5, 0.6) is 0 Å². The van der Waals surface area contributed by atoms with E-state index in [4.69, 9.17) is 11.6 Å². The molecule has 8 heteroatoms. The first-order chi connectivity index (χ1) is 13.6. The highest BCUT2D eigenvalue weighted by atomic mass is 35.5. The predicted octanol–water partition coefficient (Wildman–Crippen LogP) is 3.80. The Morgan fingerprint density at radius 3 is 2.41 bits per heavy atom. The quantitative estimate of drug-likeness (QED) is 0.794. The number of rotatable bonds is 4. The smallest absolute Gasteiger partial charge is 0.265 e. The Morgan fingerprint density at radius 1 is 1.17 bits per heavy atom. The van der Waals surface area contributed by atoms with Crippen molar-refractivity contribution in [1.29, 1.82) is 0 Å². The van der Waals surface area contributed by atoms with Crippen LogP contribution in [0.1, 0.15) is 41.1 Å². The molecule has 1 aromatic carbocycles. The van der Waals surface area contributed by atoms with Gasteiger partial charge in [-0.2, -0.15) is 0 Å². The third-order valence-electron chi connectivity index (χ3n) is 4.81. The second-order valence-corrected chi connectivity index (χ2v) is 9.69. The fourth-order valence-electron chi connectivity index (χ4n) is 3.12. The zero-order chi connectivity index (χ0) is 21.2. The molecule has 0 spiro atoms. The molecule has 0 bridgehead atoms. The van der Waals surface area contributed by atoms with Crippen LogP contribution >= 0.6 is 22.9 Å². The number of nitrogens with zero attached hydrogens (tertiary/aromatic N) is 3. The van der Waals surface area contributed by atoms with Crippen LogP contribution in [0.2, 0.25) is 5.02 Å². The van der Waals surface area contributed by atoms with Crippen molar-refractivity contribution in [3.63, 3.8) is 0 Å². The molecule has 0 unspecified atom stereocenters. The number of aryl methyl sites for hydroxylation is 1. The van der Waals surface area contributed by atoms with Gasteiger partial charge in [0.15, 0.2) is 0 Å². The van der Waals surface area contributed by atoms with E-state index in [1.165, 1.54) is 11.3 Å². The van der Waals surface area contributed by atoms with E-state index < -0.39 is 0 Å². The number of amides is 2. The summed E-state index contributed by atoms with van der Waals surface area (Å²) in [5.74, 6) is -0.0679. The minimum absolute atomic E-state index is 0.0377. The molecule has 1 aromatic heterocycles. The summed E-state index contributed by atoms with van der Waals surface area (Å²) in [5, 5.41) is 4.34. The van der Waals surface area contributed by atoms with Gasteiger partial charge in [-0.15, -0.1) is 11.3 Å². The van der Waals surface area contributed by atoms with E-state index in [0.717, 1.165) is 15.6 Å². The fourth-order valence-corrected chi connectivity index (χ4v) is 4.40. The lowest BCUT2D eigenvalue weighted by atomic mass is 9.98. The highest BCUT2D eigenvalue weighted by molar-refractivity contribution is 7.14. The molecular formula is C21H27ClN4O2S. The van der Waals surface area contributed by atoms with Crippen molar-refractivity contribution in [2.24, 2.45) is 0 Å². The van der Waals surface area contributed by atoms with E-state index in [9.17, 15) is 9.59 Å². The third-order valence-corrected chi connectivity index (χ3v) is 6.71. The van der Waals surface area contributed by atoms with Gasteiger partial charge < -0.3 is 10.2 Å². The van der Waals surface area contributed by atoms with E-state index >= 15 is 0 Å². The van der Waals surface area contributed by atoms with Crippen LogP contribution in [0, 0.1) is 6.92 Å². The molecule has 2 amide bonds. The number of halogens is 1. The van der Waals surface area contributed by atoms with Gasteiger partial charge in [-0.05, 0) is 19.1 Å². The number of carbonyl (C=O) groups excluding carboxylic acids is 2. The van der Waals surface area contributed by atoms with Gasteiger partial charge in [-0.1, -0.05) is 44.5 Å². The third kappa shape index (κ3) is 5.35. The van der Waals surface area contributed by atoms with E-state index in [0.29, 0.717) is 36.9 Å². The molecule has 3 rings (SSSR count). The average Bonchev–Trinajstić information content (AvgIpc) is 3.06. The minimum Gasteiger partial charge on any atom is -0.335 e. The predicted molar refractivity (Wildman–Crippen MR) is 118 cm³/mol. The number of hydrogen-bond donors (Lipinski definition) is 1. The van der Waals surface area contributed by atoms with Crippen LogP contribution in [0.4, 0.5) is 5.69 Å². The Bertz CT molecular complexity index is 898. The molecule has 1 aliphatic rings. The Kier molecular flexibility index (Phi) is 6.61. The number of piperazine rings is 1. The van der Waals surface area contributed by atoms with Crippen molar-refractivity contribution in [2.45, 2.75) is 33.1 Å². The van der Waals surface area contributed by atoms with Crippen LogP contribution in [-0.4, -0.2) is 59.3 Å². The van der Waals surface area contributed by atoms with Crippen molar-refractivity contribution < 1.29 is 9.59 Å². The van der Waals surface area contributed by atoms with Gasteiger partial charge in [0.05, 0.1) is 28.0 Å². The van der Waals surface area contributed by atoms with Crippen molar-refractivity contribution in [2.75, 3.05) is 38.0 Å². The number of para-hydroxylation sites is 1. The molecule has 0 aliphatic carbocycles. The van der Waals surface area contributed by atoms with Crippen LogP contribution in [0.3, 0.4) is 0 Å². The lowest BCUT2D eigenvalue weighted by Gasteiger charge is -2.34. The molecule has 1 saturated heterocycles. The van der Waals surface area contributed by atoms with Crippen LogP contribution < -0.4 is 5.32 Å². The molecule has 6 nitrogen and oxygen atoms in total. The first-order valence-electron chi connectivity index (χ1n) is 9.69. The zero-order valence-electron chi connectivity index (χ0n) is 17.3. The Balaban J connectivity index is 1.54. The second-order valence-electron chi connectivity index (χ2n) is 8.28. The topological polar surface area (TPSA) is 65.5 Å². The fraction of sp³-hybridized carbons (Fsp3) is 0.476. The number of anilines is 1. The normalized spacial score (nSPS) is 15.4. The Hall–Kier alpha value is -1.96. The van der Waals surface area contributed by atoms with E-state index in [-0.39, 0.29) is 23.8 Å². The first kappa shape index (κ1) is 21.7. The minimum atomic E-state index is -0.106. The number of aromatic nitrogens is 1.